The fraction of sp³-hybridized carbons (Fsp3) is 0.429. The predicted octanol–water partition coefficient (Wildman–Crippen LogP) is 6.16. The largest absolute Gasteiger partial charge is 0.481 e. The van der Waals surface area contributed by atoms with Crippen LogP contribution in [0.3, 0.4) is 0 Å². The number of methoxy groups -OCH3 is 2. The van der Waals surface area contributed by atoms with Crippen LogP contribution >= 0.6 is 35.4 Å². The number of benzene rings is 1. The lowest BCUT2D eigenvalue weighted by atomic mass is 9.98. The SMILES string of the molecule is COc1cc(Oc2ccc(NC(=S)N3C(C)CCCC3C)cc2Cl)c(Cl)c(OC)n1. The highest BCUT2D eigenvalue weighted by atomic mass is 35.5. The van der Waals surface area contributed by atoms with Gasteiger partial charge < -0.3 is 24.4 Å². The highest BCUT2D eigenvalue weighted by molar-refractivity contribution is 7.80. The molecule has 3 rings (SSSR count). The zero-order chi connectivity index (χ0) is 21.8. The quantitative estimate of drug-likeness (QED) is 0.526. The molecule has 1 aromatic heterocycles. The summed E-state index contributed by atoms with van der Waals surface area (Å²) >= 11 is 18.4. The Labute approximate surface area is 192 Å². The molecule has 2 unspecified atom stereocenters. The molecule has 0 aliphatic carbocycles. The van der Waals surface area contributed by atoms with Gasteiger partial charge in [-0.25, -0.2) is 0 Å². The van der Waals surface area contributed by atoms with Gasteiger partial charge in [0.1, 0.15) is 10.8 Å². The van der Waals surface area contributed by atoms with Crippen molar-refractivity contribution in [2.24, 2.45) is 0 Å². The molecule has 1 aromatic carbocycles. The number of hydrogen-bond acceptors (Lipinski definition) is 5. The maximum Gasteiger partial charge on any atom is 0.239 e. The van der Waals surface area contributed by atoms with Crippen LogP contribution in [-0.2, 0) is 0 Å². The van der Waals surface area contributed by atoms with E-state index >= 15 is 0 Å². The van der Waals surface area contributed by atoms with Gasteiger partial charge in [-0.05, 0) is 63.5 Å². The van der Waals surface area contributed by atoms with E-state index in [1.807, 2.05) is 6.07 Å². The highest BCUT2D eigenvalue weighted by Gasteiger charge is 2.26. The minimum absolute atomic E-state index is 0.204. The van der Waals surface area contributed by atoms with Gasteiger partial charge in [-0.1, -0.05) is 23.2 Å². The third-order valence-electron chi connectivity index (χ3n) is 5.10. The van der Waals surface area contributed by atoms with Gasteiger partial charge in [0.25, 0.3) is 0 Å². The Morgan fingerprint density at radius 3 is 2.40 bits per heavy atom. The van der Waals surface area contributed by atoms with E-state index in [1.54, 1.807) is 18.2 Å². The Hall–Kier alpha value is -1.96. The van der Waals surface area contributed by atoms with Crippen molar-refractivity contribution in [3.8, 4) is 23.3 Å². The monoisotopic (exact) mass is 469 g/mol. The average Bonchev–Trinajstić information content (AvgIpc) is 2.71. The Balaban J connectivity index is 1.77. The molecule has 2 aromatic rings. The van der Waals surface area contributed by atoms with E-state index in [0.29, 0.717) is 39.6 Å². The number of pyridine rings is 1. The van der Waals surface area contributed by atoms with Crippen LogP contribution in [0.1, 0.15) is 33.1 Å². The number of rotatable bonds is 5. The van der Waals surface area contributed by atoms with Gasteiger partial charge >= 0.3 is 0 Å². The molecular formula is C21H25Cl2N3O3S. The van der Waals surface area contributed by atoms with Crippen molar-refractivity contribution in [1.82, 2.24) is 9.88 Å². The lowest BCUT2D eigenvalue weighted by Crippen LogP contribution is -2.49. The first-order valence-electron chi connectivity index (χ1n) is 9.69. The zero-order valence-electron chi connectivity index (χ0n) is 17.4. The van der Waals surface area contributed by atoms with Crippen LogP contribution in [0.4, 0.5) is 5.69 Å². The molecule has 0 radical (unpaired) electrons. The number of ether oxygens (including phenoxy) is 3. The molecule has 1 aliphatic rings. The van der Waals surface area contributed by atoms with Crippen LogP contribution in [0, 0.1) is 0 Å². The van der Waals surface area contributed by atoms with Crippen molar-refractivity contribution in [2.45, 2.75) is 45.2 Å². The lowest BCUT2D eigenvalue weighted by molar-refractivity contribution is 0.194. The molecule has 0 saturated carbocycles. The normalized spacial score (nSPS) is 18.7. The number of halogens is 2. The number of hydrogen-bond donors (Lipinski definition) is 1. The fourth-order valence-electron chi connectivity index (χ4n) is 3.57. The minimum atomic E-state index is 0.204. The molecule has 1 saturated heterocycles. The van der Waals surface area contributed by atoms with E-state index in [1.165, 1.54) is 20.6 Å². The van der Waals surface area contributed by atoms with Gasteiger partial charge in [-0.3, -0.25) is 0 Å². The van der Waals surface area contributed by atoms with E-state index in [9.17, 15) is 0 Å². The first-order valence-corrected chi connectivity index (χ1v) is 10.9. The third kappa shape index (κ3) is 5.02. The van der Waals surface area contributed by atoms with Gasteiger partial charge in [0.15, 0.2) is 10.9 Å². The first-order chi connectivity index (χ1) is 14.3. The predicted molar refractivity (Wildman–Crippen MR) is 125 cm³/mol. The molecule has 0 spiro atoms. The second-order valence-electron chi connectivity index (χ2n) is 7.20. The summed E-state index contributed by atoms with van der Waals surface area (Å²) in [4.78, 5) is 6.38. The van der Waals surface area contributed by atoms with Gasteiger partial charge in [-0.15, -0.1) is 0 Å². The van der Waals surface area contributed by atoms with Crippen molar-refractivity contribution in [3.63, 3.8) is 0 Å². The summed E-state index contributed by atoms with van der Waals surface area (Å²) < 4.78 is 16.2. The number of piperidine rings is 1. The highest BCUT2D eigenvalue weighted by Crippen LogP contribution is 2.40. The number of likely N-dealkylation sites (tertiary alicyclic amines) is 1. The summed E-state index contributed by atoms with van der Waals surface area (Å²) in [6.45, 7) is 4.41. The summed E-state index contributed by atoms with van der Waals surface area (Å²) in [6, 6.07) is 7.77. The van der Waals surface area contributed by atoms with E-state index in [0.717, 1.165) is 18.5 Å². The Bertz CT molecular complexity index is 919. The molecule has 0 amide bonds. The fourth-order valence-corrected chi connectivity index (χ4v) is 4.48. The molecule has 162 valence electrons. The molecule has 30 heavy (non-hydrogen) atoms. The number of aromatic nitrogens is 1. The van der Waals surface area contributed by atoms with E-state index in [4.69, 9.17) is 49.6 Å². The van der Waals surface area contributed by atoms with Crippen LogP contribution in [0.15, 0.2) is 24.3 Å². The summed E-state index contributed by atoms with van der Waals surface area (Å²) in [5.41, 5.74) is 0.790. The van der Waals surface area contributed by atoms with Crippen LogP contribution < -0.4 is 19.5 Å². The number of nitrogens with zero attached hydrogens (tertiary/aromatic N) is 2. The molecule has 1 N–H and O–H groups in total. The Morgan fingerprint density at radius 2 is 1.80 bits per heavy atom. The Kier molecular flexibility index (Phi) is 7.50. The van der Waals surface area contributed by atoms with Gasteiger partial charge in [0, 0.05) is 23.8 Å². The van der Waals surface area contributed by atoms with Crippen molar-refractivity contribution in [1.29, 1.82) is 0 Å². The maximum atomic E-state index is 6.46. The van der Waals surface area contributed by atoms with Crippen molar-refractivity contribution in [2.75, 3.05) is 19.5 Å². The van der Waals surface area contributed by atoms with Crippen molar-refractivity contribution >= 4 is 46.2 Å². The van der Waals surface area contributed by atoms with Crippen molar-refractivity contribution < 1.29 is 14.2 Å². The van der Waals surface area contributed by atoms with E-state index in [2.05, 4.69) is 29.0 Å². The molecule has 0 bridgehead atoms. The molecule has 9 heteroatoms. The van der Waals surface area contributed by atoms with E-state index in [-0.39, 0.29) is 10.9 Å². The molecule has 2 heterocycles. The standard InChI is InChI=1S/C21H25Cl2N3O3S/c1-12-6-5-7-13(2)26(12)21(30)24-14-8-9-16(15(22)10-14)29-17-11-18(27-3)25-20(28-4)19(17)23/h8-13H,5-7H2,1-4H3,(H,24,30). The maximum absolute atomic E-state index is 6.46. The summed E-state index contributed by atoms with van der Waals surface area (Å²) in [5.74, 6) is 1.28. The van der Waals surface area contributed by atoms with Crippen LogP contribution in [-0.4, -0.2) is 41.3 Å². The van der Waals surface area contributed by atoms with Crippen LogP contribution in [0.5, 0.6) is 23.3 Å². The average molecular weight is 470 g/mol. The van der Waals surface area contributed by atoms with E-state index < -0.39 is 0 Å². The molecule has 6 nitrogen and oxygen atoms in total. The van der Waals surface area contributed by atoms with Crippen LogP contribution in [0.2, 0.25) is 10.0 Å². The third-order valence-corrected chi connectivity index (χ3v) is 6.06. The van der Waals surface area contributed by atoms with Crippen molar-refractivity contribution in [3.05, 3.63) is 34.3 Å². The molecular weight excluding hydrogens is 445 g/mol. The Morgan fingerprint density at radius 1 is 1.10 bits per heavy atom. The summed E-state index contributed by atoms with van der Waals surface area (Å²) in [7, 11) is 2.97. The number of anilines is 1. The van der Waals surface area contributed by atoms with Gasteiger partial charge in [-0.2, -0.15) is 4.98 Å². The summed E-state index contributed by atoms with van der Waals surface area (Å²) in [5, 5.41) is 4.63. The summed E-state index contributed by atoms with van der Waals surface area (Å²) in [6.07, 6.45) is 3.51. The second kappa shape index (κ2) is 9.90. The number of thiocarbonyl (C=S) groups is 1. The molecule has 2 atom stereocenters. The second-order valence-corrected chi connectivity index (χ2v) is 8.37. The lowest BCUT2D eigenvalue weighted by Gasteiger charge is -2.40. The molecule has 1 fully saturated rings. The van der Waals surface area contributed by atoms with Crippen LogP contribution in [0.25, 0.3) is 0 Å². The smallest absolute Gasteiger partial charge is 0.239 e. The topological polar surface area (TPSA) is 55.9 Å². The zero-order valence-corrected chi connectivity index (χ0v) is 19.7. The minimum Gasteiger partial charge on any atom is -0.481 e. The molecule has 1 aliphatic heterocycles. The first kappa shape index (κ1) is 22.7. The number of nitrogens with one attached hydrogen (secondary N) is 1. The van der Waals surface area contributed by atoms with Gasteiger partial charge in [0.2, 0.25) is 11.8 Å². The van der Waals surface area contributed by atoms with Gasteiger partial charge in [0.05, 0.1) is 19.2 Å².